The topological polar surface area (TPSA) is 101 Å². The van der Waals surface area contributed by atoms with Gasteiger partial charge in [0.15, 0.2) is 6.61 Å². The normalized spacial score (nSPS) is 10.8. The summed E-state index contributed by atoms with van der Waals surface area (Å²) in [5.41, 5.74) is -0.000984. The van der Waals surface area contributed by atoms with E-state index in [4.69, 9.17) is 18.9 Å². The Labute approximate surface area is 164 Å². The average molecular weight is 405 g/mol. The first-order chi connectivity index (χ1) is 13.6. The Balaban J connectivity index is 1.56. The number of methoxy groups -OCH3 is 1. The van der Waals surface area contributed by atoms with Crippen LogP contribution in [0, 0.1) is 0 Å². The fraction of sp³-hybridized carbons (Fsp3) is 0.333. The maximum atomic E-state index is 12.1. The van der Waals surface area contributed by atoms with Gasteiger partial charge in [-0.2, -0.15) is 9.61 Å². The number of carbonyl (C=O) groups is 1. The van der Waals surface area contributed by atoms with Crippen molar-refractivity contribution in [3.05, 3.63) is 51.4 Å². The Morgan fingerprint density at radius 1 is 1.18 bits per heavy atom. The summed E-state index contributed by atoms with van der Waals surface area (Å²) in [6.45, 7) is 2.36. The van der Waals surface area contributed by atoms with Crippen molar-refractivity contribution >= 4 is 22.3 Å². The Kier molecular flexibility index (Phi) is 6.56. The number of nitrogens with zero attached hydrogens (tertiary/aromatic N) is 3. The molecule has 0 fully saturated rings. The standard InChI is InChI=1S/C18H19N3O6S/c1-3-25-10-15-20-21-16(22)8-12(19-18(21)28-15)9-27-17(23)11-26-14-6-4-13(24-2)5-7-14/h4-8H,3,9-11H2,1-2H3. The lowest BCUT2D eigenvalue weighted by molar-refractivity contribution is -0.147. The van der Waals surface area contributed by atoms with Gasteiger partial charge in [-0.1, -0.05) is 11.3 Å². The second-order valence-corrected chi connectivity index (χ2v) is 6.58. The minimum atomic E-state index is -0.570. The van der Waals surface area contributed by atoms with Crippen LogP contribution < -0.4 is 15.0 Å². The number of esters is 1. The van der Waals surface area contributed by atoms with Gasteiger partial charge in [0.1, 0.15) is 29.7 Å². The fourth-order valence-electron chi connectivity index (χ4n) is 2.23. The number of ether oxygens (including phenoxy) is 4. The minimum Gasteiger partial charge on any atom is -0.497 e. The van der Waals surface area contributed by atoms with Crippen LogP contribution >= 0.6 is 11.3 Å². The molecule has 3 aromatic rings. The molecule has 28 heavy (non-hydrogen) atoms. The van der Waals surface area contributed by atoms with Crippen molar-refractivity contribution in [1.82, 2.24) is 14.6 Å². The molecule has 0 bridgehead atoms. The third-order valence-corrected chi connectivity index (χ3v) is 4.45. The SMILES string of the molecule is CCOCc1nn2c(=O)cc(COC(=O)COc3ccc(OC)cc3)nc2s1. The summed E-state index contributed by atoms with van der Waals surface area (Å²) in [5, 5.41) is 4.81. The van der Waals surface area contributed by atoms with Crippen molar-refractivity contribution in [2.75, 3.05) is 20.3 Å². The first-order valence-corrected chi connectivity index (χ1v) is 9.29. The molecule has 9 nitrogen and oxygen atoms in total. The Morgan fingerprint density at radius 2 is 1.93 bits per heavy atom. The van der Waals surface area contributed by atoms with Gasteiger partial charge >= 0.3 is 5.97 Å². The molecule has 0 N–H and O–H groups in total. The molecule has 2 heterocycles. The summed E-state index contributed by atoms with van der Waals surface area (Å²) >= 11 is 1.25. The Hall–Kier alpha value is -2.98. The molecular weight excluding hydrogens is 386 g/mol. The number of aromatic nitrogens is 3. The highest BCUT2D eigenvalue weighted by atomic mass is 32.1. The zero-order chi connectivity index (χ0) is 19.9. The number of rotatable bonds is 9. The van der Waals surface area contributed by atoms with Crippen molar-refractivity contribution in [3.63, 3.8) is 0 Å². The average Bonchev–Trinajstić information content (AvgIpc) is 3.13. The van der Waals surface area contributed by atoms with Crippen molar-refractivity contribution in [2.45, 2.75) is 20.1 Å². The Bertz CT molecular complexity index is 999. The van der Waals surface area contributed by atoms with Crippen molar-refractivity contribution in [2.24, 2.45) is 0 Å². The van der Waals surface area contributed by atoms with Crippen LogP contribution in [0.25, 0.3) is 4.96 Å². The molecule has 0 unspecified atom stereocenters. The zero-order valence-electron chi connectivity index (χ0n) is 15.4. The van der Waals surface area contributed by atoms with E-state index >= 15 is 0 Å². The summed E-state index contributed by atoms with van der Waals surface area (Å²) < 4.78 is 22.0. The molecule has 2 aromatic heterocycles. The molecule has 0 atom stereocenters. The first-order valence-electron chi connectivity index (χ1n) is 8.48. The molecule has 148 valence electrons. The van der Waals surface area contributed by atoms with Crippen LogP contribution in [0.4, 0.5) is 0 Å². The number of hydrogen-bond acceptors (Lipinski definition) is 9. The van der Waals surface area contributed by atoms with E-state index in [1.807, 2.05) is 6.92 Å². The number of benzene rings is 1. The number of fused-ring (bicyclic) bond motifs is 1. The van der Waals surface area contributed by atoms with Gasteiger partial charge in [-0.25, -0.2) is 9.78 Å². The van der Waals surface area contributed by atoms with Crippen molar-refractivity contribution in [3.8, 4) is 11.5 Å². The quantitative estimate of drug-likeness (QED) is 0.497. The van der Waals surface area contributed by atoms with Crippen LogP contribution in [-0.4, -0.2) is 40.9 Å². The van der Waals surface area contributed by atoms with Gasteiger partial charge in [0.05, 0.1) is 12.8 Å². The predicted octanol–water partition coefficient (Wildman–Crippen LogP) is 1.82. The predicted molar refractivity (Wildman–Crippen MR) is 101 cm³/mol. The summed E-state index contributed by atoms with van der Waals surface area (Å²) in [7, 11) is 1.57. The van der Waals surface area contributed by atoms with Gasteiger partial charge < -0.3 is 18.9 Å². The third kappa shape index (κ3) is 5.05. The maximum Gasteiger partial charge on any atom is 0.344 e. The Morgan fingerprint density at radius 3 is 2.64 bits per heavy atom. The van der Waals surface area contributed by atoms with Crippen LogP contribution in [0.2, 0.25) is 0 Å². The second-order valence-electron chi connectivity index (χ2n) is 5.54. The summed E-state index contributed by atoms with van der Waals surface area (Å²) in [6, 6.07) is 8.11. The van der Waals surface area contributed by atoms with Gasteiger partial charge in [-0.3, -0.25) is 4.79 Å². The molecule has 0 aliphatic rings. The molecule has 0 amide bonds. The largest absolute Gasteiger partial charge is 0.497 e. The van der Waals surface area contributed by atoms with Crippen molar-refractivity contribution in [1.29, 1.82) is 0 Å². The van der Waals surface area contributed by atoms with Gasteiger partial charge in [-0.15, -0.1) is 0 Å². The molecule has 0 aliphatic heterocycles. The second kappa shape index (κ2) is 9.29. The summed E-state index contributed by atoms with van der Waals surface area (Å²) in [5.74, 6) is 0.636. The highest BCUT2D eigenvalue weighted by molar-refractivity contribution is 7.16. The summed E-state index contributed by atoms with van der Waals surface area (Å²) in [6.07, 6.45) is 0. The molecular formula is C18H19N3O6S. The van der Waals surface area contributed by atoms with Gasteiger partial charge in [0.25, 0.3) is 5.56 Å². The smallest absolute Gasteiger partial charge is 0.344 e. The molecule has 0 saturated heterocycles. The minimum absolute atomic E-state index is 0.130. The van der Waals surface area contributed by atoms with E-state index in [-0.39, 0.29) is 18.8 Å². The molecule has 0 aliphatic carbocycles. The lowest BCUT2D eigenvalue weighted by Crippen LogP contribution is -2.18. The van der Waals surface area contributed by atoms with E-state index in [0.717, 1.165) is 0 Å². The highest BCUT2D eigenvalue weighted by Gasteiger charge is 2.11. The van der Waals surface area contributed by atoms with Crippen LogP contribution in [0.3, 0.4) is 0 Å². The molecule has 1 aromatic carbocycles. The van der Waals surface area contributed by atoms with Crippen LogP contribution in [0.1, 0.15) is 17.6 Å². The molecule has 0 radical (unpaired) electrons. The lowest BCUT2D eigenvalue weighted by atomic mass is 10.3. The molecule has 3 rings (SSSR count). The van der Waals surface area contributed by atoms with Gasteiger partial charge in [0.2, 0.25) is 4.96 Å². The monoisotopic (exact) mass is 405 g/mol. The van der Waals surface area contributed by atoms with E-state index in [1.54, 1.807) is 31.4 Å². The third-order valence-electron chi connectivity index (χ3n) is 3.57. The molecule has 10 heteroatoms. The fourth-order valence-corrected chi connectivity index (χ4v) is 3.08. The van der Waals surface area contributed by atoms with Gasteiger partial charge in [0, 0.05) is 12.7 Å². The molecule has 0 saturated carbocycles. The van der Waals surface area contributed by atoms with Gasteiger partial charge in [-0.05, 0) is 31.2 Å². The van der Waals surface area contributed by atoms with Crippen LogP contribution in [0.15, 0.2) is 35.1 Å². The van der Waals surface area contributed by atoms with E-state index in [9.17, 15) is 9.59 Å². The maximum absolute atomic E-state index is 12.1. The van der Waals surface area contributed by atoms with E-state index in [0.29, 0.717) is 40.4 Å². The van der Waals surface area contributed by atoms with E-state index in [2.05, 4.69) is 10.1 Å². The van der Waals surface area contributed by atoms with E-state index < -0.39 is 5.97 Å². The summed E-state index contributed by atoms with van der Waals surface area (Å²) in [4.78, 5) is 28.7. The first kappa shape index (κ1) is 19.8. The van der Waals surface area contributed by atoms with Crippen LogP contribution in [0.5, 0.6) is 11.5 Å². The number of hydrogen-bond donors (Lipinski definition) is 0. The highest BCUT2D eigenvalue weighted by Crippen LogP contribution is 2.17. The van der Waals surface area contributed by atoms with Crippen molar-refractivity contribution < 1.29 is 23.7 Å². The zero-order valence-corrected chi connectivity index (χ0v) is 16.2. The lowest BCUT2D eigenvalue weighted by Gasteiger charge is -2.07. The van der Waals surface area contributed by atoms with Crippen LogP contribution in [-0.2, 0) is 27.5 Å². The van der Waals surface area contributed by atoms with E-state index in [1.165, 1.54) is 21.9 Å². The number of carbonyl (C=O) groups excluding carboxylic acids is 1. The molecule has 0 spiro atoms.